The van der Waals surface area contributed by atoms with Gasteiger partial charge in [-0.15, -0.1) is 0 Å². The minimum Gasteiger partial charge on any atom is -0.381 e. The molecule has 9 heteroatoms. The molecule has 0 heterocycles. The van der Waals surface area contributed by atoms with Crippen LogP contribution in [-0.2, 0) is 23.1 Å². The highest BCUT2D eigenvalue weighted by Gasteiger charge is 2.35. The third kappa shape index (κ3) is 24.0. The molecule has 0 bridgehead atoms. The summed E-state index contributed by atoms with van der Waals surface area (Å²) in [5.74, 6) is 0. The lowest BCUT2D eigenvalue weighted by Crippen LogP contribution is -2.40. The van der Waals surface area contributed by atoms with E-state index in [2.05, 4.69) is 6.92 Å². The maximum absolute atomic E-state index is 15.0. The van der Waals surface area contributed by atoms with Crippen molar-refractivity contribution in [2.24, 2.45) is 0 Å². The standard InChI is InChI=1S/C26H55FNO6P/c1-6-7-8-9-10-11-12-13-14-15-16-17-18-19-21-32-24-26(27,23-31-5)25-34-35(29,30)33-22-20-28(2,3)4/h6-25H2,1-5H3/p+1. The van der Waals surface area contributed by atoms with E-state index in [-0.39, 0.29) is 19.8 Å². The molecule has 0 aliphatic rings. The van der Waals surface area contributed by atoms with Crippen molar-refractivity contribution in [3.8, 4) is 0 Å². The lowest BCUT2D eigenvalue weighted by atomic mass is 10.0. The Kier molecular flexibility index (Phi) is 20.9. The first-order valence-corrected chi connectivity index (χ1v) is 15.2. The van der Waals surface area contributed by atoms with Gasteiger partial charge >= 0.3 is 7.82 Å². The van der Waals surface area contributed by atoms with Crippen molar-refractivity contribution in [3.05, 3.63) is 0 Å². The van der Waals surface area contributed by atoms with Gasteiger partial charge in [-0.1, -0.05) is 90.4 Å². The van der Waals surface area contributed by atoms with E-state index in [4.69, 9.17) is 18.5 Å². The highest BCUT2D eigenvalue weighted by Crippen LogP contribution is 2.44. The Morgan fingerprint density at radius 1 is 0.743 bits per heavy atom. The van der Waals surface area contributed by atoms with Crippen LogP contribution in [0.1, 0.15) is 96.8 Å². The summed E-state index contributed by atoms with van der Waals surface area (Å²) >= 11 is 0. The van der Waals surface area contributed by atoms with Gasteiger partial charge in [0.2, 0.25) is 0 Å². The highest BCUT2D eigenvalue weighted by molar-refractivity contribution is 7.47. The largest absolute Gasteiger partial charge is 0.472 e. The molecule has 212 valence electrons. The number of phosphoric acid groups is 1. The molecule has 0 aliphatic carbocycles. The zero-order valence-corrected chi connectivity index (χ0v) is 24.3. The molecule has 1 N–H and O–H groups in total. The Labute approximate surface area is 215 Å². The Hall–Kier alpha value is -0.0800. The van der Waals surface area contributed by atoms with Crippen molar-refractivity contribution in [2.75, 3.05) is 67.8 Å². The van der Waals surface area contributed by atoms with Gasteiger partial charge in [0.05, 0.1) is 41.0 Å². The van der Waals surface area contributed by atoms with Crippen LogP contribution in [0.15, 0.2) is 0 Å². The maximum atomic E-state index is 15.0. The second-order valence-corrected chi connectivity index (χ2v) is 12.3. The van der Waals surface area contributed by atoms with Crippen LogP contribution in [0.4, 0.5) is 4.39 Å². The molecule has 0 radical (unpaired) electrons. The van der Waals surface area contributed by atoms with Crippen molar-refractivity contribution < 1.29 is 36.9 Å². The van der Waals surface area contributed by atoms with Gasteiger partial charge in [0.25, 0.3) is 0 Å². The molecule has 2 unspecified atom stereocenters. The first-order valence-electron chi connectivity index (χ1n) is 13.7. The van der Waals surface area contributed by atoms with E-state index >= 15 is 4.39 Å². The van der Waals surface area contributed by atoms with Gasteiger partial charge in [-0.05, 0) is 6.42 Å². The lowest BCUT2D eigenvalue weighted by Gasteiger charge is -2.26. The van der Waals surface area contributed by atoms with Gasteiger partial charge in [0, 0.05) is 13.7 Å². The fraction of sp³-hybridized carbons (Fsp3) is 1.00. The molecular formula is C26H56FNO6P+. The first kappa shape index (κ1) is 34.9. The number of hydrogen-bond donors (Lipinski definition) is 1. The summed E-state index contributed by atoms with van der Waals surface area (Å²) < 4.78 is 47.9. The first-order chi connectivity index (χ1) is 16.5. The fourth-order valence-electron chi connectivity index (χ4n) is 3.70. The second-order valence-electron chi connectivity index (χ2n) is 10.8. The normalized spacial score (nSPS) is 15.7. The molecule has 0 aliphatic heterocycles. The van der Waals surface area contributed by atoms with Crippen molar-refractivity contribution in [1.82, 2.24) is 0 Å². The van der Waals surface area contributed by atoms with Crippen molar-refractivity contribution in [1.29, 1.82) is 0 Å². The molecule has 0 saturated carbocycles. The Morgan fingerprint density at radius 2 is 1.23 bits per heavy atom. The van der Waals surface area contributed by atoms with E-state index in [1.807, 2.05) is 21.1 Å². The topological polar surface area (TPSA) is 74.2 Å². The Balaban J connectivity index is 3.81. The number of alkyl halides is 1. The third-order valence-corrected chi connectivity index (χ3v) is 6.87. The Morgan fingerprint density at radius 3 is 1.69 bits per heavy atom. The molecule has 35 heavy (non-hydrogen) atoms. The average molecular weight is 529 g/mol. The zero-order valence-electron chi connectivity index (χ0n) is 23.4. The molecule has 0 fully saturated rings. The van der Waals surface area contributed by atoms with Gasteiger partial charge in [-0.25, -0.2) is 8.96 Å². The zero-order chi connectivity index (χ0) is 26.5. The number of halogens is 1. The summed E-state index contributed by atoms with van der Waals surface area (Å²) in [5.41, 5.74) is -2.01. The number of unbranched alkanes of at least 4 members (excludes halogenated alkanes) is 13. The molecule has 0 amide bonds. The third-order valence-electron chi connectivity index (χ3n) is 5.91. The molecule has 0 saturated heterocycles. The van der Waals surface area contributed by atoms with E-state index < -0.39 is 20.1 Å². The minimum absolute atomic E-state index is 0.0382. The predicted octanol–water partition coefficient (Wildman–Crippen LogP) is 6.68. The van der Waals surface area contributed by atoms with Crippen LogP contribution < -0.4 is 0 Å². The minimum atomic E-state index is -4.34. The molecule has 0 aromatic carbocycles. The van der Waals surface area contributed by atoms with Crippen LogP contribution in [0.5, 0.6) is 0 Å². The highest BCUT2D eigenvalue weighted by atomic mass is 31.2. The van der Waals surface area contributed by atoms with Crippen molar-refractivity contribution in [3.63, 3.8) is 0 Å². The van der Waals surface area contributed by atoms with Gasteiger partial charge in [0.1, 0.15) is 13.2 Å². The molecule has 0 aromatic heterocycles. The summed E-state index contributed by atoms with van der Waals surface area (Å²) in [7, 11) is 2.85. The van der Waals surface area contributed by atoms with Crippen LogP contribution in [0.3, 0.4) is 0 Å². The number of methoxy groups -OCH3 is 1. The summed E-state index contributed by atoms with van der Waals surface area (Å²) in [4.78, 5) is 9.81. The number of rotatable bonds is 26. The van der Waals surface area contributed by atoms with E-state index in [1.165, 1.54) is 84.2 Å². The summed E-state index contributed by atoms with van der Waals surface area (Å²) in [5, 5.41) is 0. The van der Waals surface area contributed by atoms with Gasteiger partial charge in [0.15, 0.2) is 5.67 Å². The lowest BCUT2D eigenvalue weighted by molar-refractivity contribution is -0.870. The molecule has 0 spiro atoms. The summed E-state index contributed by atoms with van der Waals surface area (Å²) in [6, 6.07) is 0. The van der Waals surface area contributed by atoms with Crippen LogP contribution in [0.25, 0.3) is 0 Å². The molecular weight excluding hydrogens is 472 g/mol. The number of hydrogen-bond acceptors (Lipinski definition) is 5. The summed E-state index contributed by atoms with van der Waals surface area (Å²) in [6.45, 7) is 2.10. The number of likely N-dealkylation sites (N-methyl/N-ethyl adjacent to an activating group) is 1. The SMILES string of the molecule is CCCCCCCCCCCCCCCCOCC(F)(COC)COP(=O)(O)OCC[N+](C)(C)C. The molecule has 0 rings (SSSR count). The van der Waals surface area contributed by atoms with Crippen LogP contribution in [-0.4, -0.2) is 82.9 Å². The maximum Gasteiger partial charge on any atom is 0.472 e. The molecule has 2 atom stereocenters. The predicted molar refractivity (Wildman–Crippen MR) is 141 cm³/mol. The second kappa shape index (κ2) is 20.9. The van der Waals surface area contributed by atoms with Crippen LogP contribution >= 0.6 is 7.82 Å². The monoisotopic (exact) mass is 528 g/mol. The number of ether oxygens (including phenoxy) is 2. The number of nitrogens with zero attached hydrogens (tertiary/aromatic N) is 1. The smallest absolute Gasteiger partial charge is 0.381 e. The van der Waals surface area contributed by atoms with E-state index in [0.29, 0.717) is 17.6 Å². The van der Waals surface area contributed by atoms with Crippen molar-refractivity contribution in [2.45, 2.75) is 102 Å². The number of phosphoric ester groups is 1. The number of quaternary nitrogens is 1. The van der Waals surface area contributed by atoms with E-state index in [1.54, 1.807) is 0 Å². The van der Waals surface area contributed by atoms with E-state index in [9.17, 15) is 9.46 Å². The van der Waals surface area contributed by atoms with Crippen LogP contribution in [0.2, 0.25) is 0 Å². The average Bonchev–Trinajstić information content (AvgIpc) is 2.77. The molecule has 7 nitrogen and oxygen atoms in total. The van der Waals surface area contributed by atoms with Gasteiger partial charge in [-0.3, -0.25) is 9.05 Å². The van der Waals surface area contributed by atoms with Gasteiger partial charge < -0.3 is 18.9 Å². The fourth-order valence-corrected chi connectivity index (χ4v) is 4.48. The van der Waals surface area contributed by atoms with Crippen molar-refractivity contribution >= 4 is 7.82 Å². The van der Waals surface area contributed by atoms with Crippen LogP contribution in [0, 0.1) is 0 Å². The Bertz CT molecular complexity index is 534. The van der Waals surface area contributed by atoms with Gasteiger partial charge in [-0.2, -0.15) is 0 Å². The van der Waals surface area contributed by atoms with E-state index in [0.717, 1.165) is 12.8 Å². The quantitative estimate of drug-likeness (QED) is 0.0767. The molecule has 0 aromatic rings. The summed E-state index contributed by atoms with van der Waals surface area (Å²) in [6.07, 6.45) is 17.9.